The summed E-state index contributed by atoms with van der Waals surface area (Å²) >= 11 is 0. The molecule has 0 amide bonds. The van der Waals surface area contributed by atoms with Crippen LogP contribution in [-0.2, 0) is 0 Å². The van der Waals surface area contributed by atoms with Crippen molar-refractivity contribution in [3.05, 3.63) is 35.5 Å². The zero-order valence-corrected chi connectivity index (χ0v) is 7.70. The van der Waals surface area contributed by atoms with Crippen molar-refractivity contribution in [3.63, 3.8) is 0 Å². The number of nitrogens with zero attached hydrogens (tertiary/aromatic N) is 1. The monoisotopic (exact) mass is 173 g/mol. The summed E-state index contributed by atoms with van der Waals surface area (Å²) in [5.41, 5.74) is 2.79. The summed E-state index contributed by atoms with van der Waals surface area (Å²) in [5.74, 6) is 0.262. The van der Waals surface area contributed by atoms with Crippen molar-refractivity contribution in [1.29, 1.82) is 0 Å². The van der Waals surface area contributed by atoms with Crippen LogP contribution in [0.1, 0.15) is 11.3 Å². The molecule has 0 radical (unpaired) electrons. The third kappa shape index (κ3) is 1.35. The van der Waals surface area contributed by atoms with Gasteiger partial charge in [0.25, 0.3) is 0 Å². The molecule has 0 atom stereocenters. The molecule has 2 heteroatoms. The van der Waals surface area contributed by atoms with Crippen LogP contribution in [0.2, 0.25) is 0 Å². The third-order valence-electron chi connectivity index (χ3n) is 2.13. The fraction of sp³-hybridized carbons (Fsp3) is 0.182. The van der Waals surface area contributed by atoms with Gasteiger partial charge in [-0.25, -0.2) is 4.98 Å². The Kier molecular flexibility index (Phi) is 1.69. The average Bonchev–Trinajstić information content (AvgIpc) is 2.08. The van der Waals surface area contributed by atoms with Crippen molar-refractivity contribution in [2.24, 2.45) is 0 Å². The molecule has 1 aromatic carbocycles. The Morgan fingerprint density at radius 1 is 1.15 bits per heavy atom. The minimum absolute atomic E-state index is 0.262. The maximum atomic E-state index is 9.45. The van der Waals surface area contributed by atoms with Crippen molar-refractivity contribution in [1.82, 2.24) is 4.98 Å². The normalized spacial score (nSPS) is 10.6. The van der Waals surface area contributed by atoms with Crippen LogP contribution in [0.4, 0.5) is 0 Å². The van der Waals surface area contributed by atoms with E-state index in [2.05, 4.69) is 4.98 Å². The van der Waals surface area contributed by atoms with Gasteiger partial charge in [0, 0.05) is 5.39 Å². The Morgan fingerprint density at radius 2 is 1.92 bits per heavy atom. The molecule has 2 nitrogen and oxygen atoms in total. The highest BCUT2D eigenvalue weighted by atomic mass is 16.3. The van der Waals surface area contributed by atoms with Gasteiger partial charge in [0.1, 0.15) is 5.75 Å². The number of aromatic hydroxyl groups is 1. The fourth-order valence-corrected chi connectivity index (χ4v) is 1.38. The first-order valence-corrected chi connectivity index (χ1v) is 4.24. The van der Waals surface area contributed by atoms with E-state index in [1.54, 1.807) is 13.0 Å². The Balaban J connectivity index is 2.81. The highest BCUT2D eigenvalue weighted by Crippen LogP contribution is 2.21. The van der Waals surface area contributed by atoms with E-state index in [0.717, 1.165) is 10.9 Å². The number of fused-ring (bicyclic) bond motifs is 1. The zero-order valence-electron chi connectivity index (χ0n) is 7.70. The summed E-state index contributed by atoms with van der Waals surface area (Å²) in [6, 6.07) is 7.76. The second-order valence-electron chi connectivity index (χ2n) is 3.29. The van der Waals surface area contributed by atoms with Gasteiger partial charge in [0.15, 0.2) is 0 Å². The largest absolute Gasteiger partial charge is 0.506 e. The number of hydrogen-bond donors (Lipinski definition) is 1. The van der Waals surface area contributed by atoms with Crippen LogP contribution in [0.3, 0.4) is 0 Å². The SMILES string of the molecule is Cc1ccc2nc(C)c(O)cc2c1. The molecular weight excluding hydrogens is 162 g/mol. The van der Waals surface area contributed by atoms with Gasteiger partial charge in [0.2, 0.25) is 0 Å². The molecule has 0 fully saturated rings. The smallest absolute Gasteiger partial charge is 0.137 e. The molecule has 0 aliphatic rings. The number of rotatable bonds is 0. The van der Waals surface area contributed by atoms with Gasteiger partial charge in [-0.15, -0.1) is 0 Å². The van der Waals surface area contributed by atoms with Crippen LogP contribution in [0, 0.1) is 13.8 Å². The van der Waals surface area contributed by atoms with Crippen molar-refractivity contribution >= 4 is 10.9 Å². The molecule has 0 unspecified atom stereocenters. The molecule has 13 heavy (non-hydrogen) atoms. The van der Waals surface area contributed by atoms with Crippen molar-refractivity contribution in [2.75, 3.05) is 0 Å². The van der Waals surface area contributed by atoms with Crippen LogP contribution in [0.5, 0.6) is 5.75 Å². The second kappa shape index (κ2) is 2.73. The number of aromatic nitrogens is 1. The van der Waals surface area contributed by atoms with Gasteiger partial charge < -0.3 is 5.11 Å². The molecule has 66 valence electrons. The van der Waals surface area contributed by atoms with E-state index in [1.165, 1.54) is 5.56 Å². The topological polar surface area (TPSA) is 33.1 Å². The van der Waals surface area contributed by atoms with Crippen molar-refractivity contribution in [3.8, 4) is 5.75 Å². The predicted octanol–water partition coefficient (Wildman–Crippen LogP) is 2.56. The lowest BCUT2D eigenvalue weighted by atomic mass is 10.1. The number of aryl methyl sites for hydroxylation is 2. The van der Waals surface area contributed by atoms with Crippen LogP contribution < -0.4 is 0 Å². The molecule has 0 aliphatic carbocycles. The lowest BCUT2D eigenvalue weighted by molar-refractivity contribution is 0.469. The minimum Gasteiger partial charge on any atom is -0.506 e. The first-order valence-electron chi connectivity index (χ1n) is 4.24. The lowest BCUT2D eigenvalue weighted by Gasteiger charge is -2.02. The van der Waals surface area contributed by atoms with Gasteiger partial charge in [-0.2, -0.15) is 0 Å². The Bertz CT molecular complexity index is 463. The van der Waals surface area contributed by atoms with Crippen LogP contribution in [-0.4, -0.2) is 10.1 Å². The number of benzene rings is 1. The summed E-state index contributed by atoms with van der Waals surface area (Å²) in [4.78, 5) is 4.27. The van der Waals surface area contributed by atoms with Crippen molar-refractivity contribution in [2.45, 2.75) is 13.8 Å². The number of hydrogen-bond acceptors (Lipinski definition) is 2. The summed E-state index contributed by atoms with van der Waals surface area (Å²) in [6.45, 7) is 3.82. The molecule has 1 aromatic heterocycles. The van der Waals surface area contributed by atoms with E-state index in [-0.39, 0.29) is 5.75 Å². The zero-order chi connectivity index (χ0) is 9.42. The van der Waals surface area contributed by atoms with E-state index in [9.17, 15) is 5.11 Å². The molecule has 0 saturated carbocycles. The second-order valence-corrected chi connectivity index (χ2v) is 3.29. The molecular formula is C11H11NO. The van der Waals surface area contributed by atoms with E-state index in [4.69, 9.17) is 0 Å². The average molecular weight is 173 g/mol. The summed E-state index contributed by atoms with van der Waals surface area (Å²) in [6.07, 6.45) is 0. The highest BCUT2D eigenvalue weighted by molar-refractivity contribution is 5.80. The standard InChI is InChI=1S/C11H11NO/c1-7-3-4-10-9(5-7)6-11(13)8(2)12-10/h3-6,13H,1-2H3. The molecule has 0 bridgehead atoms. The van der Waals surface area contributed by atoms with E-state index >= 15 is 0 Å². The molecule has 2 rings (SSSR count). The van der Waals surface area contributed by atoms with E-state index < -0.39 is 0 Å². The molecule has 0 saturated heterocycles. The van der Waals surface area contributed by atoms with Crippen LogP contribution in [0.15, 0.2) is 24.3 Å². The molecule has 1 heterocycles. The van der Waals surface area contributed by atoms with Crippen LogP contribution >= 0.6 is 0 Å². The lowest BCUT2D eigenvalue weighted by Crippen LogP contribution is -1.84. The molecule has 2 aromatic rings. The summed E-state index contributed by atoms with van der Waals surface area (Å²) < 4.78 is 0. The van der Waals surface area contributed by atoms with Gasteiger partial charge >= 0.3 is 0 Å². The molecule has 1 N–H and O–H groups in total. The Hall–Kier alpha value is -1.57. The van der Waals surface area contributed by atoms with Crippen molar-refractivity contribution < 1.29 is 5.11 Å². The Morgan fingerprint density at radius 3 is 2.69 bits per heavy atom. The minimum atomic E-state index is 0.262. The first kappa shape index (κ1) is 8.05. The van der Waals surface area contributed by atoms with E-state index in [0.29, 0.717) is 5.69 Å². The highest BCUT2D eigenvalue weighted by Gasteiger charge is 2.00. The van der Waals surface area contributed by atoms with Gasteiger partial charge in [-0.1, -0.05) is 11.6 Å². The van der Waals surface area contributed by atoms with E-state index in [1.807, 2.05) is 25.1 Å². The summed E-state index contributed by atoms with van der Waals surface area (Å²) in [5, 5.41) is 10.4. The molecule has 0 spiro atoms. The maximum absolute atomic E-state index is 9.45. The predicted molar refractivity (Wildman–Crippen MR) is 52.9 cm³/mol. The van der Waals surface area contributed by atoms with Gasteiger partial charge in [0.05, 0.1) is 11.2 Å². The number of pyridine rings is 1. The molecule has 0 aliphatic heterocycles. The summed E-state index contributed by atoms with van der Waals surface area (Å²) in [7, 11) is 0. The maximum Gasteiger partial charge on any atom is 0.137 e. The quantitative estimate of drug-likeness (QED) is 0.664. The third-order valence-corrected chi connectivity index (χ3v) is 2.13. The van der Waals surface area contributed by atoms with Gasteiger partial charge in [-0.3, -0.25) is 0 Å². The Labute approximate surface area is 76.9 Å². The first-order chi connectivity index (χ1) is 6.16. The fourth-order valence-electron chi connectivity index (χ4n) is 1.38. The van der Waals surface area contributed by atoms with Crippen LogP contribution in [0.25, 0.3) is 10.9 Å². The van der Waals surface area contributed by atoms with Gasteiger partial charge in [-0.05, 0) is 32.0 Å².